The van der Waals surface area contributed by atoms with Gasteiger partial charge in [-0.1, -0.05) is 93.9 Å². The number of hydrogen-bond acceptors (Lipinski definition) is 3. The molecule has 174 valence electrons. The van der Waals surface area contributed by atoms with Crippen molar-refractivity contribution in [2.45, 2.75) is 84.5 Å². The van der Waals surface area contributed by atoms with E-state index >= 15 is 0 Å². The van der Waals surface area contributed by atoms with Crippen LogP contribution < -0.4 is 10.1 Å². The fourth-order valence-electron chi connectivity index (χ4n) is 3.75. The molecule has 0 atom stereocenters. The van der Waals surface area contributed by atoms with Gasteiger partial charge in [-0.2, -0.15) is 10.1 Å². The number of benzene rings is 2. The first-order valence-corrected chi connectivity index (χ1v) is 12.2. The third kappa shape index (κ3) is 9.21. The Labute approximate surface area is 193 Å². The Morgan fingerprint density at radius 3 is 2.03 bits per heavy atom. The number of aryl methyl sites for hydroxylation is 1. The molecule has 0 unspecified atom stereocenters. The number of rotatable bonds is 15. The van der Waals surface area contributed by atoms with Crippen molar-refractivity contribution >= 4 is 17.4 Å². The molecule has 0 aromatic heterocycles. The Balaban J connectivity index is 1.70. The number of para-hydroxylation sites is 2. The molecule has 2 aromatic carbocycles. The van der Waals surface area contributed by atoms with Crippen LogP contribution in [-0.4, -0.2) is 17.4 Å². The van der Waals surface area contributed by atoms with Crippen LogP contribution in [0.25, 0.3) is 0 Å². The SMILES string of the molecule is CCCCCCCCCCCCc1ccc([N+](=O)C(=O)Nc2ccccc2OCC)cc1. The van der Waals surface area contributed by atoms with Crippen LogP contribution in [-0.2, 0) is 6.42 Å². The lowest BCUT2D eigenvalue weighted by Gasteiger charge is -2.06. The number of carbonyl (C=O) groups excluding carboxylic acids is 1. The number of carbonyl (C=O) groups is 1. The molecule has 0 aliphatic rings. The highest BCUT2D eigenvalue weighted by atomic mass is 16.5. The summed E-state index contributed by atoms with van der Waals surface area (Å²) in [5, 5.41) is 2.63. The number of unbranched alkanes of at least 4 members (excludes halogenated alkanes) is 9. The monoisotopic (exact) mass is 439 g/mol. The van der Waals surface area contributed by atoms with Gasteiger partial charge in [0.15, 0.2) is 17.1 Å². The van der Waals surface area contributed by atoms with Crippen molar-refractivity contribution in [2.75, 3.05) is 11.9 Å². The van der Waals surface area contributed by atoms with Gasteiger partial charge in [-0.15, -0.1) is 0 Å². The van der Waals surface area contributed by atoms with E-state index in [1.807, 2.05) is 25.1 Å². The van der Waals surface area contributed by atoms with E-state index in [0.717, 1.165) is 12.8 Å². The first-order chi connectivity index (χ1) is 15.7. The fourth-order valence-corrected chi connectivity index (χ4v) is 3.75. The second-order valence-corrected chi connectivity index (χ2v) is 8.25. The number of nitrogens with one attached hydrogen (secondary N) is 1. The van der Waals surface area contributed by atoms with Crippen LogP contribution in [0.3, 0.4) is 0 Å². The normalized spacial score (nSPS) is 10.7. The van der Waals surface area contributed by atoms with Gasteiger partial charge in [0.1, 0.15) is 0 Å². The highest BCUT2D eigenvalue weighted by molar-refractivity contribution is 5.86. The number of amides is 2. The summed E-state index contributed by atoms with van der Waals surface area (Å²) >= 11 is 0. The zero-order valence-corrected chi connectivity index (χ0v) is 19.8. The van der Waals surface area contributed by atoms with Crippen LogP contribution in [0.1, 0.15) is 83.6 Å². The number of nitroso groups, excluding NO2 is 1. The number of nitrogens with zero attached hydrogens (tertiary/aromatic N) is 1. The predicted octanol–water partition coefficient (Wildman–Crippen LogP) is 8.19. The van der Waals surface area contributed by atoms with Crippen molar-refractivity contribution in [2.24, 2.45) is 0 Å². The first-order valence-electron chi connectivity index (χ1n) is 12.2. The van der Waals surface area contributed by atoms with Gasteiger partial charge in [0.2, 0.25) is 0 Å². The third-order valence-electron chi connectivity index (χ3n) is 5.60. The topological polar surface area (TPSA) is 58.4 Å². The standard InChI is InChI=1S/C27H38N2O3/c1-3-5-6-7-8-9-10-11-12-13-16-23-19-21-24(22-20-23)29(31)27(30)28-25-17-14-15-18-26(25)32-4-2/h14-15,17-22H,3-13,16H2,1-2H3/p+1. The van der Waals surface area contributed by atoms with Gasteiger partial charge in [0.05, 0.1) is 11.4 Å². The number of urea groups is 1. The van der Waals surface area contributed by atoms with E-state index in [1.54, 1.807) is 30.3 Å². The van der Waals surface area contributed by atoms with Crippen LogP contribution >= 0.6 is 0 Å². The third-order valence-corrected chi connectivity index (χ3v) is 5.60. The number of hydrogen-bond donors (Lipinski definition) is 1. The van der Waals surface area contributed by atoms with Crippen molar-refractivity contribution in [3.8, 4) is 5.75 Å². The van der Waals surface area contributed by atoms with Crippen molar-refractivity contribution in [1.29, 1.82) is 0 Å². The molecule has 0 heterocycles. The summed E-state index contributed by atoms with van der Waals surface area (Å²) < 4.78 is 5.87. The highest BCUT2D eigenvalue weighted by Gasteiger charge is 2.24. The molecule has 0 spiro atoms. The predicted molar refractivity (Wildman–Crippen MR) is 132 cm³/mol. The van der Waals surface area contributed by atoms with Crippen molar-refractivity contribution in [3.63, 3.8) is 0 Å². The quantitative estimate of drug-likeness (QED) is 0.225. The molecule has 2 amide bonds. The molecule has 32 heavy (non-hydrogen) atoms. The molecule has 0 bridgehead atoms. The van der Waals surface area contributed by atoms with Gasteiger partial charge in [-0.25, -0.2) is 0 Å². The lowest BCUT2D eigenvalue weighted by Crippen LogP contribution is -2.20. The fraction of sp³-hybridized carbons (Fsp3) is 0.519. The summed E-state index contributed by atoms with van der Waals surface area (Å²) in [7, 11) is 0. The molecular weight excluding hydrogens is 400 g/mol. The molecule has 0 saturated carbocycles. The Morgan fingerprint density at radius 1 is 0.812 bits per heavy atom. The minimum Gasteiger partial charge on any atom is -0.489 e. The molecule has 2 aromatic rings. The number of ether oxygens (including phenoxy) is 1. The molecule has 5 heteroatoms. The van der Waals surface area contributed by atoms with E-state index < -0.39 is 6.03 Å². The smallest absolute Gasteiger partial charge is 0.489 e. The lowest BCUT2D eigenvalue weighted by atomic mass is 10.0. The molecule has 0 aliphatic heterocycles. The van der Waals surface area contributed by atoms with Gasteiger partial charge in [-0.3, -0.25) is 0 Å². The van der Waals surface area contributed by atoms with Gasteiger partial charge < -0.3 is 4.74 Å². The Hall–Kier alpha value is -2.69. The second-order valence-electron chi connectivity index (χ2n) is 8.25. The van der Waals surface area contributed by atoms with Gasteiger partial charge in [-0.05, 0) is 49.6 Å². The Morgan fingerprint density at radius 2 is 1.41 bits per heavy atom. The molecule has 0 aliphatic carbocycles. The van der Waals surface area contributed by atoms with E-state index in [9.17, 15) is 9.70 Å². The van der Waals surface area contributed by atoms with Gasteiger partial charge >= 0.3 is 6.03 Å². The van der Waals surface area contributed by atoms with E-state index in [0.29, 0.717) is 28.5 Å². The van der Waals surface area contributed by atoms with E-state index in [1.165, 1.54) is 63.4 Å². The molecular formula is C27H39N2O3+. The Bertz CT molecular complexity index is 818. The first kappa shape index (κ1) is 25.6. The van der Waals surface area contributed by atoms with Crippen molar-refractivity contribution in [1.82, 2.24) is 0 Å². The maximum atomic E-state index is 12.4. The molecule has 1 N–H and O–H groups in total. The molecule has 0 radical (unpaired) electrons. The maximum absolute atomic E-state index is 12.4. The lowest BCUT2D eigenvalue weighted by molar-refractivity contribution is -0.350. The molecule has 2 rings (SSSR count). The summed E-state index contributed by atoms with van der Waals surface area (Å²) in [6.07, 6.45) is 14.2. The van der Waals surface area contributed by atoms with Gasteiger partial charge in [0, 0.05) is 0 Å². The average molecular weight is 440 g/mol. The zero-order chi connectivity index (χ0) is 23.0. The summed E-state index contributed by atoms with van der Waals surface area (Å²) in [5.41, 5.74) is 2.00. The van der Waals surface area contributed by atoms with Crippen LogP contribution in [0.5, 0.6) is 5.75 Å². The zero-order valence-electron chi connectivity index (χ0n) is 19.8. The van der Waals surface area contributed by atoms with Crippen molar-refractivity contribution < 1.29 is 14.3 Å². The van der Waals surface area contributed by atoms with E-state index in [-0.39, 0.29) is 0 Å². The van der Waals surface area contributed by atoms with Crippen molar-refractivity contribution in [3.05, 3.63) is 59.0 Å². The maximum Gasteiger partial charge on any atom is 0.540 e. The largest absolute Gasteiger partial charge is 0.540 e. The van der Waals surface area contributed by atoms with Crippen LogP contribution in [0, 0.1) is 4.91 Å². The minimum absolute atomic E-state index is 0.322. The summed E-state index contributed by atoms with van der Waals surface area (Å²) in [6.45, 7) is 4.61. The molecule has 0 fully saturated rings. The second kappa shape index (κ2) is 15.2. The highest BCUT2D eigenvalue weighted by Crippen LogP contribution is 2.24. The minimum atomic E-state index is -0.736. The van der Waals surface area contributed by atoms with Gasteiger partial charge in [0.25, 0.3) is 0 Å². The average Bonchev–Trinajstić information content (AvgIpc) is 2.81. The number of anilines is 1. The Kier molecular flexibility index (Phi) is 12.1. The summed E-state index contributed by atoms with van der Waals surface area (Å²) in [5.74, 6) is 0.545. The van der Waals surface area contributed by atoms with E-state index in [2.05, 4.69) is 12.2 Å². The summed E-state index contributed by atoms with van der Waals surface area (Å²) in [6, 6.07) is 13.7. The molecule has 0 saturated heterocycles. The van der Waals surface area contributed by atoms with Crippen LogP contribution in [0.15, 0.2) is 48.5 Å². The van der Waals surface area contributed by atoms with Crippen LogP contribution in [0.4, 0.5) is 16.2 Å². The summed E-state index contributed by atoms with van der Waals surface area (Å²) in [4.78, 5) is 24.8. The van der Waals surface area contributed by atoms with E-state index in [4.69, 9.17) is 4.74 Å². The molecule has 5 nitrogen and oxygen atoms in total. The van der Waals surface area contributed by atoms with Crippen LogP contribution in [0.2, 0.25) is 0 Å².